The molecule has 0 aliphatic carbocycles. The van der Waals surface area contributed by atoms with Crippen molar-refractivity contribution in [1.82, 2.24) is 4.98 Å². The minimum absolute atomic E-state index is 0.200. The van der Waals surface area contributed by atoms with Gasteiger partial charge in [0.05, 0.1) is 11.9 Å². The Labute approximate surface area is 76.2 Å². The lowest BCUT2D eigenvalue weighted by Gasteiger charge is -2.03. The third kappa shape index (κ3) is 3.37. The number of carbonyl (C=O) groups excluding carboxylic acids is 1. The molecule has 0 bridgehead atoms. The molecule has 1 aromatic heterocycles. The molecule has 0 aromatic carbocycles. The van der Waals surface area contributed by atoms with Gasteiger partial charge in [-0.3, -0.25) is 10.3 Å². The van der Waals surface area contributed by atoms with Crippen LogP contribution in [0.4, 0.5) is 10.5 Å². The Balaban J connectivity index is 2.41. The summed E-state index contributed by atoms with van der Waals surface area (Å²) in [6.45, 7) is 3.62. The van der Waals surface area contributed by atoms with Crippen LogP contribution in [0, 0.1) is 0 Å². The van der Waals surface area contributed by atoms with E-state index in [-0.39, 0.29) is 6.61 Å². The lowest BCUT2D eigenvalue weighted by atomic mass is 10.4. The molecule has 0 unspecified atom stereocenters. The van der Waals surface area contributed by atoms with Crippen LogP contribution >= 0.6 is 0 Å². The maximum absolute atomic E-state index is 11.0. The predicted octanol–water partition coefficient (Wildman–Crippen LogP) is 1.82. The molecule has 0 fully saturated rings. The Morgan fingerprint density at radius 3 is 3.23 bits per heavy atom. The zero-order chi connectivity index (χ0) is 9.52. The summed E-state index contributed by atoms with van der Waals surface area (Å²) in [6.07, 6.45) is 4.16. The first-order valence-electron chi connectivity index (χ1n) is 3.77. The van der Waals surface area contributed by atoms with Gasteiger partial charge in [-0.15, -0.1) is 0 Å². The molecule has 1 rings (SSSR count). The van der Waals surface area contributed by atoms with Gasteiger partial charge >= 0.3 is 6.09 Å². The van der Waals surface area contributed by atoms with Crippen LogP contribution in [0.2, 0.25) is 0 Å². The SMILES string of the molecule is C=CCOC(=O)Nc1cccnc1. The van der Waals surface area contributed by atoms with Crippen LogP contribution in [0.3, 0.4) is 0 Å². The zero-order valence-corrected chi connectivity index (χ0v) is 7.06. The van der Waals surface area contributed by atoms with E-state index in [1.54, 1.807) is 18.3 Å². The summed E-state index contributed by atoms with van der Waals surface area (Å²) in [5.74, 6) is 0. The fourth-order valence-electron chi connectivity index (χ4n) is 0.725. The van der Waals surface area contributed by atoms with E-state index < -0.39 is 6.09 Å². The first kappa shape index (κ1) is 9.25. The minimum Gasteiger partial charge on any atom is -0.445 e. The lowest BCUT2D eigenvalue weighted by Crippen LogP contribution is -2.13. The molecule has 1 heterocycles. The largest absolute Gasteiger partial charge is 0.445 e. The predicted molar refractivity (Wildman–Crippen MR) is 49.4 cm³/mol. The van der Waals surface area contributed by atoms with Gasteiger partial charge in [0.1, 0.15) is 6.61 Å². The molecule has 0 spiro atoms. The van der Waals surface area contributed by atoms with E-state index >= 15 is 0 Å². The van der Waals surface area contributed by atoms with Crippen LogP contribution in [-0.4, -0.2) is 17.7 Å². The third-order valence-corrected chi connectivity index (χ3v) is 1.24. The van der Waals surface area contributed by atoms with Gasteiger partial charge in [-0.05, 0) is 12.1 Å². The van der Waals surface area contributed by atoms with Crippen molar-refractivity contribution in [1.29, 1.82) is 0 Å². The smallest absolute Gasteiger partial charge is 0.411 e. The van der Waals surface area contributed by atoms with Crippen molar-refractivity contribution < 1.29 is 9.53 Å². The summed E-state index contributed by atoms with van der Waals surface area (Å²) in [5, 5.41) is 2.51. The van der Waals surface area contributed by atoms with E-state index in [0.29, 0.717) is 5.69 Å². The highest BCUT2D eigenvalue weighted by molar-refractivity contribution is 5.84. The van der Waals surface area contributed by atoms with Crippen LogP contribution in [-0.2, 0) is 4.74 Å². The molecule has 4 nitrogen and oxygen atoms in total. The number of hydrogen-bond donors (Lipinski definition) is 1. The second-order valence-corrected chi connectivity index (χ2v) is 2.25. The zero-order valence-electron chi connectivity index (χ0n) is 7.06. The maximum Gasteiger partial charge on any atom is 0.411 e. The second-order valence-electron chi connectivity index (χ2n) is 2.25. The number of aromatic nitrogens is 1. The maximum atomic E-state index is 11.0. The van der Waals surface area contributed by atoms with Crippen molar-refractivity contribution in [3.05, 3.63) is 37.2 Å². The van der Waals surface area contributed by atoms with Gasteiger partial charge < -0.3 is 4.74 Å². The molecule has 0 atom stereocenters. The highest BCUT2D eigenvalue weighted by Crippen LogP contribution is 2.02. The first-order valence-corrected chi connectivity index (χ1v) is 3.77. The van der Waals surface area contributed by atoms with Crippen molar-refractivity contribution in [2.24, 2.45) is 0 Å². The molecule has 1 aromatic rings. The average molecular weight is 178 g/mol. The Kier molecular flexibility index (Phi) is 3.50. The number of nitrogens with one attached hydrogen (secondary N) is 1. The first-order chi connectivity index (χ1) is 6.33. The quantitative estimate of drug-likeness (QED) is 0.718. The summed E-state index contributed by atoms with van der Waals surface area (Å²) in [7, 11) is 0. The van der Waals surface area contributed by atoms with Crippen molar-refractivity contribution in [3.8, 4) is 0 Å². The monoisotopic (exact) mass is 178 g/mol. The molecule has 1 N–H and O–H groups in total. The number of rotatable bonds is 3. The van der Waals surface area contributed by atoms with Gasteiger partial charge in [-0.25, -0.2) is 4.79 Å². The molecule has 68 valence electrons. The Morgan fingerprint density at radius 2 is 2.62 bits per heavy atom. The number of ether oxygens (including phenoxy) is 1. The van der Waals surface area contributed by atoms with Gasteiger partial charge in [-0.1, -0.05) is 12.7 Å². The number of hydrogen-bond acceptors (Lipinski definition) is 3. The molecule has 0 saturated carbocycles. The van der Waals surface area contributed by atoms with E-state index in [4.69, 9.17) is 4.74 Å². The lowest BCUT2D eigenvalue weighted by molar-refractivity contribution is 0.174. The molecule has 0 aliphatic heterocycles. The average Bonchev–Trinajstić information content (AvgIpc) is 2.16. The highest BCUT2D eigenvalue weighted by atomic mass is 16.5. The van der Waals surface area contributed by atoms with Crippen LogP contribution < -0.4 is 5.32 Å². The summed E-state index contributed by atoms with van der Waals surface area (Å²) < 4.78 is 4.70. The molecule has 0 saturated heterocycles. The number of nitrogens with zero attached hydrogens (tertiary/aromatic N) is 1. The summed E-state index contributed by atoms with van der Waals surface area (Å²) in [6, 6.07) is 3.45. The molecular weight excluding hydrogens is 168 g/mol. The van der Waals surface area contributed by atoms with E-state index in [9.17, 15) is 4.79 Å². The van der Waals surface area contributed by atoms with Crippen molar-refractivity contribution in [2.75, 3.05) is 11.9 Å². The standard InChI is InChI=1S/C9H10N2O2/c1-2-6-13-9(12)11-8-4-3-5-10-7-8/h2-5,7H,1,6H2,(H,11,12). The van der Waals surface area contributed by atoms with Crippen LogP contribution in [0.1, 0.15) is 0 Å². The number of carbonyl (C=O) groups is 1. The Morgan fingerprint density at radius 1 is 1.77 bits per heavy atom. The van der Waals surface area contributed by atoms with Gasteiger partial charge in [0.2, 0.25) is 0 Å². The molecule has 13 heavy (non-hydrogen) atoms. The molecule has 0 aliphatic rings. The van der Waals surface area contributed by atoms with E-state index in [1.807, 2.05) is 0 Å². The van der Waals surface area contributed by atoms with Gasteiger partial charge in [0.25, 0.3) is 0 Å². The number of pyridine rings is 1. The van der Waals surface area contributed by atoms with E-state index in [2.05, 4.69) is 16.9 Å². The molecule has 4 heteroatoms. The summed E-state index contributed by atoms with van der Waals surface area (Å²) >= 11 is 0. The van der Waals surface area contributed by atoms with Gasteiger partial charge in [0, 0.05) is 6.20 Å². The fraction of sp³-hybridized carbons (Fsp3) is 0.111. The topological polar surface area (TPSA) is 51.2 Å². The van der Waals surface area contributed by atoms with Crippen molar-refractivity contribution in [2.45, 2.75) is 0 Å². The fourth-order valence-corrected chi connectivity index (χ4v) is 0.725. The summed E-state index contributed by atoms with van der Waals surface area (Å²) in [4.78, 5) is 14.8. The normalized spacial score (nSPS) is 8.92. The molecule has 1 amide bonds. The summed E-state index contributed by atoms with van der Waals surface area (Å²) in [5.41, 5.74) is 0.608. The molecular formula is C9H10N2O2. The minimum atomic E-state index is -0.507. The van der Waals surface area contributed by atoms with Crippen LogP contribution in [0.5, 0.6) is 0 Å². The van der Waals surface area contributed by atoms with Gasteiger partial charge in [0.15, 0.2) is 0 Å². The van der Waals surface area contributed by atoms with Crippen molar-refractivity contribution in [3.63, 3.8) is 0 Å². The van der Waals surface area contributed by atoms with E-state index in [0.717, 1.165) is 0 Å². The Bertz CT molecular complexity index is 285. The van der Waals surface area contributed by atoms with Gasteiger partial charge in [-0.2, -0.15) is 0 Å². The Hall–Kier alpha value is -1.84. The third-order valence-electron chi connectivity index (χ3n) is 1.24. The van der Waals surface area contributed by atoms with Crippen molar-refractivity contribution >= 4 is 11.8 Å². The van der Waals surface area contributed by atoms with Crippen LogP contribution in [0.25, 0.3) is 0 Å². The number of amides is 1. The highest BCUT2D eigenvalue weighted by Gasteiger charge is 1.99. The second kappa shape index (κ2) is 4.92. The van der Waals surface area contributed by atoms with E-state index in [1.165, 1.54) is 12.3 Å². The van der Waals surface area contributed by atoms with Crippen LogP contribution in [0.15, 0.2) is 37.2 Å². The number of anilines is 1. The molecule has 0 radical (unpaired) electrons.